The minimum Gasteiger partial charge on any atom is -0.486 e. The highest BCUT2D eigenvalue weighted by molar-refractivity contribution is 5.85. The van der Waals surface area contributed by atoms with E-state index in [1.165, 1.54) is 5.56 Å². The number of hydrogen-bond acceptors (Lipinski definition) is 4. The van der Waals surface area contributed by atoms with E-state index in [4.69, 9.17) is 10.5 Å². The van der Waals surface area contributed by atoms with E-state index in [0.29, 0.717) is 12.6 Å². The van der Waals surface area contributed by atoms with Gasteiger partial charge in [-0.15, -0.1) is 24.8 Å². The van der Waals surface area contributed by atoms with E-state index in [1.807, 2.05) is 29.9 Å². The Morgan fingerprint density at radius 1 is 1.23 bits per heavy atom. The predicted octanol–water partition coefficient (Wildman–Crippen LogP) is 3.40. The smallest absolute Gasteiger partial charge is 0.146 e. The average molecular weight is 401 g/mol. The van der Waals surface area contributed by atoms with E-state index in [-0.39, 0.29) is 30.2 Å². The van der Waals surface area contributed by atoms with Gasteiger partial charge in [0.15, 0.2) is 0 Å². The third-order valence-corrected chi connectivity index (χ3v) is 5.01. The largest absolute Gasteiger partial charge is 0.486 e. The third-order valence-electron chi connectivity index (χ3n) is 5.01. The van der Waals surface area contributed by atoms with Crippen molar-refractivity contribution in [1.82, 2.24) is 14.5 Å². The number of halogens is 2. The first-order valence-corrected chi connectivity index (χ1v) is 8.60. The van der Waals surface area contributed by atoms with E-state index in [0.717, 1.165) is 37.6 Å². The van der Waals surface area contributed by atoms with Gasteiger partial charge in [-0.1, -0.05) is 26.0 Å². The molecular formula is C19H30Cl2N4O. The van der Waals surface area contributed by atoms with Crippen molar-refractivity contribution >= 4 is 24.8 Å². The summed E-state index contributed by atoms with van der Waals surface area (Å²) < 4.78 is 7.78. The van der Waals surface area contributed by atoms with Crippen LogP contribution in [0.3, 0.4) is 0 Å². The number of ether oxygens (including phenoxy) is 1. The summed E-state index contributed by atoms with van der Waals surface area (Å²) in [5.74, 6) is 1.80. The van der Waals surface area contributed by atoms with Crippen LogP contribution in [0.2, 0.25) is 0 Å². The number of likely N-dealkylation sites (tertiary alicyclic amines) is 1. The maximum atomic E-state index is 6.22. The Hall–Kier alpha value is -1.27. The van der Waals surface area contributed by atoms with Gasteiger partial charge in [-0.25, -0.2) is 4.98 Å². The molecule has 1 atom stereocenters. The zero-order valence-electron chi connectivity index (χ0n) is 15.7. The van der Waals surface area contributed by atoms with Crippen molar-refractivity contribution in [2.75, 3.05) is 13.1 Å². The Balaban J connectivity index is 0.00000169. The van der Waals surface area contributed by atoms with Gasteiger partial charge in [-0.05, 0) is 29.5 Å². The fourth-order valence-corrected chi connectivity index (χ4v) is 3.25. The zero-order chi connectivity index (χ0) is 17.2. The van der Waals surface area contributed by atoms with Gasteiger partial charge in [0.05, 0.1) is 0 Å². The third kappa shape index (κ3) is 5.61. The fourth-order valence-electron chi connectivity index (χ4n) is 3.25. The molecule has 3 rings (SSSR count). The van der Waals surface area contributed by atoms with E-state index in [2.05, 4.69) is 35.9 Å². The second-order valence-electron chi connectivity index (χ2n) is 7.48. The number of aromatic nitrogens is 2. The number of hydrogen-bond donors (Lipinski definition) is 1. The molecule has 1 aromatic carbocycles. The fraction of sp³-hybridized carbons (Fsp3) is 0.526. The molecule has 0 radical (unpaired) electrons. The SMILES string of the molecule is Cl.Cl.Cn1ccnc1COc1ccc(CN2CCC(N)C(C)(C)C2)cc1. The lowest BCUT2D eigenvalue weighted by Gasteiger charge is -2.42. The minimum atomic E-state index is 0. The van der Waals surface area contributed by atoms with Crippen molar-refractivity contribution < 1.29 is 4.74 Å². The maximum Gasteiger partial charge on any atom is 0.146 e. The molecule has 0 aliphatic carbocycles. The first kappa shape index (κ1) is 22.8. The van der Waals surface area contributed by atoms with Crippen molar-refractivity contribution in [2.24, 2.45) is 18.2 Å². The van der Waals surface area contributed by atoms with Gasteiger partial charge in [0.1, 0.15) is 18.2 Å². The minimum absolute atomic E-state index is 0. The Bertz CT molecular complexity index is 672. The molecule has 1 saturated heterocycles. The van der Waals surface area contributed by atoms with Crippen molar-refractivity contribution in [2.45, 2.75) is 39.5 Å². The number of nitrogens with two attached hydrogens (primary N) is 1. The Labute approximate surface area is 168 Å². The van der Waals surface area contributed by atoms with Gasteiger partial charge in [-0.3, -0.25) is 4.90 Å². The molecule has 0 spiro atoms. The molecule has 1 aliphatic rings. The quantitative estimate of drug-likeness (QED) is 0.835. The molecule has 1 aromatic heterocycles. The molecule has 2 N–H and O–H groups in total. The standard InChI is InChI=1S/C19H28N4O.2ClH/c1-19(2)14-23(10-8-17(19)20)12-15-4-6-16(7-5-15)24-13-18-21-9-11-22(18)3;;/h4-7,9,11,17H,8,10,12-14,20H2,1-3H3;2*1H. The molecule has 1 unspecified atom stereocenters. The molecule has 1 aliphatic heterocycles. The summed E-state index contributed by atoms with van der Waals surface area (Å²) in [6.07, 6.45) is 4.78. The van der Waals surface area contributed by atoms with Crippen LogP contribution in [0.15, 0.2) is 36.7 Å². The Morgan fingerprint density at radius 3 is 2.50 bits per heavy atom. The van der Waals surface area contributed by atoms with Crippen LogP contribution in [-0.4, -0.2) is 33.6 Å². The molecule has 26 heavy (non-hydrogen) atoms. The van der Waals surface area contributed by atoms with Crippen LogP contribution in [0.5, 0.6) is 5.75 Å². The summed E-state index contributed by atoms with van der Waals surface area (Å²) in [6.45, 7) is 8.10. The summed E-state index contributed by atoms with van der Waals surface area (Å²) in [5.41, 5.74) is 7.72. The van der Waals surface area contributed by atoms with Crippen LogP contribution >= 0.6 is 24.8 Å². The van der Waals surface area contributed by atoms with E-state index >= 15 is 0 Å². The molecule has 7 heteroatoms. The number of aryl methyl sites for hydroxylation is 1. The van der Waals surface area contributed by atoms with E-state index in [1.54, 1.807) is 6.20 Å². The monoisotopic (exact) mass is 400 g/mol. The summed E-state index contributed by atoms with van der Waals surface area (Å²) in [5, 5.41) is 0. The molecule has 5 nitrogen and oxygen atoms in total. The van der Waals surface area contributed by atoms with Gasteiger partial charge in [0.25, 0.3) is 0 Å². The number of rotatable bonds is 5. The van der Waals surface area contributed by atoms with E-state index < -0.39 is 0 Å². The summed E-state index contributed by atoms with van der Waals surface area (Å²) in [4.78, 5) is 6.76. The highest BCUT2D eigenvalue weighted by Crippen LogP contribution is 2.28. The van der Waals surface area contributed by atoms with Crippen molar-refractivity contribution in [3.05, 3.63) is 48.0 Å². The Morgan fingerprint density at radius 2 is 1.92 bits per heavy atom. The highest BCUT2D eigenvalue weighted by atomic mass is 35.5. The number of piperidine rings is 1. The van der Waals surface area contributed by atoms with Crippen LogP contribution in [0.4, 0.5) is 0 Å². The number of imidazole rings is 1. The van der Waals surface area contributed by atoms with Gasteiger partial charge in [-0.2, -0.15) is 0 Å². The normalized spacial score (nSPS) is 19.3. The molecule has 0 amide bonds. The summed E-state index contributed by atoms with van der Waals surface area (Å²) >= 11 is 0. The van der Waals surface area contributed by atoms with Crippen molar-refractivity contribution in [3.8, 4) is 5.75 Å². The lowest BCUT2D eigenvalue weighted by molar-refractivity contribution is 0.0898. The van der Waals surface area contributed by atoms with Gasteiger partial charge >= 0.3 is 0 Å². The topological polar surface area (TPSA) is 56.3 Å². The van der Waals surface area contributed by atoms with Crippen LogP contribution in [0.1, 0.15) is 31.7 Å². The maximum absolute atomic E-state index is 6.22. The van der Waals surface area contributed by atoms with Crippen LogP contribution in [-0.2, 0) is 20.2 Å². The average Bonchev–Trinajstić information content (AvgIpc) is 2.95. The first-order valence-electron chi connectivity index (χ1n) is 8.60. The van der Waals surface area contributed by atoms with Crippen molar-refractivity contribution in [1.29, 1.82) is 0 Å². The highest BCUT2D eigenvalue weighted by Gasteiger charge is 2.33. The van der Waals surface area contributed by atoms with Crippen LogP contribution in [0, 0.1) is 5.41 Å². The second-order valence-corrected chi connectivity index (χ2v) is 7.48. The lowest BCUT2D eigenvalue weighted by Crippen LogP contribution is -2.52. The molecule has 2 aromatic rings. The lowest BCUT2D eigenvalue weighted by atomic mass is 9.79. The zero-order valence-corrected chi connectivity index (χ0v) is 17.4. The van der Waals surface area contributed by atoms with Gasteiger partial charge < -0.3 is 15.0 Å². The van der Waals surface area contributed by atoms with Gasteiger partial charge in [0, 0.05) is 45.1 Å². The Kier molecular flexibility index (Phi) is 8.41. The van der Waals surface area contributed by atoms with Crippen LogP contribution in [0.25, 0.3) is 0 Å². The molecule has 2 heterocycles. The van der Waals surface area contributed by atoms with E-state index in [9.17, 15) is 0 Å². The summed E-state index contributed by atoms with van der Waals surface area (Å²) in [6, 6.07) is 8.68. The number of benzene rings is 1. The molecule has 1 fully saturated rings. The predicted molar refractivity (Wildman–Crippen MR) is 110 cm³/mol. The molecule has 0 saturated carbocycles. The molecular weight excluding hydrogens is 371 g/mol. The summed E-state index contributed by atoms with van der Waals surface area (Å²) in [7, 11) is 1.97. The number of nitrogens with zero attached hydrogens (tertiary/aromatic N) is 3. The molecule has 146 valence electrons. The first-order chi connectivity index (χ1) is 11.4. The van der Waals surface area contributed by atoms with Crippen LogP contribution < -0.4 is 10.5 Å². The second kappa shape index (κ2) is 9.60. The van der Waals surface area contributed by atoms with Crippen molar-refractivity contribution in [3.63, 3.8) is 0 Å². The van der Waals surface area contributed by atoms with Gasteiger partial charge in [0.2, 0.25) is 0 Å². The molecule has 0 bridgehead atoms.